The number of nitro benzene ring substituents is 2. The summed E-state index contributed by atoms with van der Waals surface area (Å²) in [6, 6.07) is 14.6. The van der Waals surface area contributed by atoms with E-state index in [0.717, 1.165) is 12.1 Å². The molecule has 1 heterocycles. The molecule has 1 amide bonds. The van der Waals surface area contributed by atoms with Gasteiger partial charge in [-0.2, -0.15) is 0 Å². The van der Waals surface area contributed by atoms with Crippen molar-refractivity contribution in [3.63, 3.8) is 0 Å². The van der Waals surface area contributed by atoms with E-state index in [0.29, 0.717) is 11.4 Å². The van der Waals surface area contributed by atoms with Gasteiger partial charge in [0.1, 0.15) is 0 Å². The van der Waals surface area contributed by atoms with Gasteiger partial charge in [-0.3, -0.25) is 25.0 Å². The van der Waals surface area contributed by atoms with Crippen molar-refractivity contribution in [1.82, 2.24) is 9.97 Å². The van der Waals surface area contributed by atoms with Crippen LogP contribution in [0.3, 0.4) is 0 Å². The molecule has 0 saturated carbocycles. The van der Waals surface area contributed by atoms with Crippen LogP contribution in [0.15, 0.2) is 71.6 Å². The van der Waals surface area contributed by atoms with E-state index in [1.54, 1.807) is 32.0 Å². The lowest BCUT2D eigenvalue weighted by molar-refractivity contribution is -0.392. The minimum Gasteiger partial charge on any atom is -0.343 e. The van der Waals surface area contributed by atoms with Crippen LogP contribution in [0.2, 0.25) is 5.02 Å². The third-order valence-electron chi connectivity index (χ3n) is 5.52. The Hall–Kier alpha value is -5.15. The van der Waals surface area contributed by atoms with Gasteiger partial charge in [0.2, 0.25) is 5.95 Å². The Bertz CT molecular complexity index is 1740. The average Bonchev–Trinajstić information content (AvgIpc) is 2.89. The van der Waals surface area contributed by atoms with Crippen LogP contribution in [-0.4, -0.2) is 34.1 Å². The van der Waals surface area contributed by atoms with Crippen molar-refractivity contribution in [3.8, 4) is 0 Å². The van der Waals surface area contributed by atoms with Crippen molar-refractivity contribution < 1.29 is 23.1 Å². The van der Waals surface area contributed by atoms with E-state index >= 15 is 0 Å². The van der Waals surface area contributed by atoms with E-state index in [1.807, 2.05) is 0 Å². The standard InChI is InChI=1S/C25H20ClN7O7S/c1-14-11-15(2)28-25(27-14)31-41(39,40)18-9-7-17(8-10-18)29-24(34)16-12-21(32(35)36)23(22(13-16)33(37)38)30-20-6-4-3-5-19(20)26/h3-13,30H,1-2H3,(H,29,34)(H,27,28,31). The van der Waals surface area contributed by atoms with Crippen molar-refractivity contribution in [1.29, 1.82) is 0 Å². The summed E-state index contributed by atoms with van der Waals surface area (Å²) in [6.45, 7) is 3.38. The molecule has 1 aromatic heterocycles. The highest BCUT2D eigenvalue weighted by Crippen LogP contribution is 2.39. The Kier molecular flexibility index (Phi) is 8.11. The first kappa shape index (κ1) is 28.8. The largest absolute Gasteiger partial charge is 0.343 e. The molecule has 0 saturated heterocycles. The molecule has 3 aromatic carbocycles. The number of nitrogens with one attached hydrogen (secondary N) is 3. The molecular weight excluding hydrogens is 578 g/mol. The fourth-order valence-corrected chi connectivity index (χ4v) is 4.85. The van der Waals surface area contributed by atoms with Gasteiger partial charge in [0, 0.05) is 29.2 Å². The summed E-state index contributed by atoms with van der Waals surface area (Å²) in [5.41, 5.74) is -0.845. The Morgan fingerprint density at radius 2 is 1.44 bits per heavy atom. The molecule has 3 N–H and O–H groups in total. The minimum atomic E-state index is -4.06. The zero-order valence-electron chi connectivity index (χ0n) is 21.3. The van der Waals surface area contributed by atoms with Crippen LogP contribution in [0.1, 0.15) is 21.7 Å². The summed E-state index contributed by atoms with van der Waals surface area (Å²) in [6.07, 6.45) is 0. The minimum absolute atomic E-state index is 0.101. The number of carbonyl (C=O) groups is 1. The zero-order valence-corrected chi connectivity index (χ0v) is 22.9. The molecule has 0 spiro atoms. The molecule has 0 atom stereocenters. The molecule has 0 unspecified atom stereocenters. The number of nitrogens with zero attached hydrogens (tertiary/aromatic N) is 4. The lowest BCUT2D eigenvalue weighted by Crippen LogP contribution is -2.16. The Morgan fingerprint density at radius 3 is 1.98 bits per heavy atom. The van der Waals surface area contributed by atoms with Crippen molar-refractivity contribution in [2.24, 2.45) is 0 Å². The maximum atomic E-state index is 12.9. The Labute approximate surface area is 237 Å². The third kappa shape index (κ3) is 6.71. The van der Waals surface area contributed by atoms with Gasteiger partial charge in [0.05, 0.1) is 31.0 Å². The Morgan fingerprint density at radius 1 is 0.878 bits per heavy atom. The summed E-state index contributed by atoms with van der Waals surface area (Å²) in [7, 11) is -4.06. The molecule has 0 aliphatic heterocycles. The lowest BCUT2D eigenvalue weighted by atomic mass is 10.1. The third-order valence-corrected chi connectivity index (χ3v) is 7.19. The predicted molar refractivity (Wildman–Crippen MR) is 151 cm³/mol. The number of nitro groups is 2. The molecule has 4 aromatic rings. The maximum Gasteiger partial charge on any atom is 0.300 e. The van der Waals surface area contributed by atoms with E-state index in [9.17, 15) is 33.4 Å². The molecule has 0 aliphatic carbocycles. The molecule has 4 rings (SSSR count). The number of para-hydroxylation sites is 1. The van der Waals surface area contributed by atoms with Crippen molar-refractivity contribution in [3.05, 3.63) is 109 Å². The van der Waals surface area contributed by atoms with Crippen molar-refractivity contribution >= 4 is 61.9 Å². The van der Waals surface area contributed by atoms with Crippen LogP contribution in [0.4, 0.5) is 34.4 Å². The van der Waals surface area contributed by atoms with Crippen LogP contribution >= 0.6 is 11.6 Å². The summed E-state index contributed by atoms with van der Waals surface area (Å²) in [5, 5.41) is 28.8. The second-order valence-electron chi connectivity index (χ2n) is 8.57. The van der Waals surface area contributed by atoms with Gasteiger partial charge in [-0.1, -0.05) is 23.7 Å². The SMILES string of the molecule is Cc1cc(C)nc(NS(=O)(=O)c2ccc(NC(=O)c3cc([N+](=O)[O-])c(Nc4ccccc4Cl)c([N+](=O)[O-])c3)cc2)n1. The normalized spacial score (nSPS) is 11.0. The topological polar surface area (TPSA) is 199 Å². The number of anilines is 4. The monoisotopic (exact) mass is 597 g/mol. The number of carbonyl (C=O) groups excluding carboxylic acids is 1. The highest BCUT2D eigenvalue weighted by molar-refractivity contribution is 7.92. The van der Waals surface area contributed by atoms with Crippen LogP contribution in [-0.2, 0) is 10.0 Å². The predicted octanol–water partition coefficient (Wildman–Crippen LogP) is 5.36. The first-order valence-corrected chi connectivity index (χ1v) is 13.4. The number of benzene rings is 3. The first-order valence-electron chi connectivity index (χ1n) is 11.6. The molecule has 14 nitrogen and oxygen atoms in total. The summed E-state index contributed by atoms with van der Waals surface area (Å²) in [4.78, 5) is 42.8. The number of amides is 1. The van der Waals surface area contributed by atoms with Crippen LogP contribution in [0.25, 0.3) is 0 Å². The number of halogens is 1. The van der Waals surface area contributed by atoms with Gasteiger partial charge in [0.15, 0.2) is 5.69 Å². The first-order chi connectivity index (χ1) is 19.3. The zero-order chi connectivity index (χ0) is 29.9. The molecule has 16 heteroatoms. The summed E-state index contributed by atoms with van der Waals surface area (Å²) in [5.74, 6) is -1.01. The molecular formula is C25H20ClN7O7S. The van der Waals surface area contributed by atoms with Gasteiger partial charge in [-0.15, -0.1) is 0 Å². The van der Waals surface area contributed by atoms with Crippen molar-refractivity contribution in [2.75, 3.05) is 15.4 Å². The molecule has 0 aliphatic rings. The fraction of sp³-hybridized carbons (Fsp3) is 0.0800. The summed E-state index contributed by atoms with van der Waals surface area (Å²) >= 11 is 6.09. The number of sulfonamides is 1. The summed E-state index contributed by atoms with van der Waals surface area (Å²) < 4.78 is 27.8. The van der Waals surface area contributed by atoms with Crippen molar-refractivity contribution in [2.45, 2.75) is 18.7 Å². The van der Waals surface area contributed by atoms with Crippen LogP contribution in [0.5, 0.6) is 0 Å². The van der Waals surface area contributed by atoms with E-state index < -0.39 is 42.8 Å². The number of aryl methyl sites for hydroxylation is 2. The maximum absolute atomic E-state index is 12.9. The van der Waals surface area contributed by atoms with Gasteiger partial charge in [0.25, 0.3) is 15.9 Å². The van der Waals surface area contributed by atoms with Gasteiger partial charge in [-0.25, -0.2) is 23.1 Å². The van der Waals surface area contributed by atoms with Gasteiger partial charge < -0.3 is 10.6 Å². The van der Waals surface area contributed by atoms with Crippen LogP contribution < -0.4 is 15.4 Å². The molecule has 0 bridgehead atoms. The number of aromatic nitrogens is 2. The average molecular weight is 598 g/mol. The smallest absolute Gasteiger partial charge is 0.300 e. The number of hydrogen-bond acceptors (Lipinski definition) is 10. The van der Waals surface area contributed by atoms with Gasteiger partial charge in [-0.05, 0) is 56.3 Å². The highest BCUT2D eigenvalue weighted by Gasteiger charge is 2.29. The lowest BCUT2D eigenvalue weighted by Gasteiger charge is -2.12. The number of rotatable bonds is 9. The highest BCUT2D eigenvalue weighted by atomic mass is 35.5. The molecule has 41 heavy (non-hydrogen) atoms. The second-order valence-corrected chi connectivity index (χ2v) is 10.7. The molecule has 210 valence electrons. The van der Waals surface area contributed by atoms with E-state index in [1.165, 1.54) is 36.4 Å². The van der Waals surface area contributed by atoms with E-state index in [2.05, 4.69) is 25.3 Å². The van der Waals surface area contributed by atoms with Crippen LogP contribution in [0, 0.1) is 34.1 Å². The quantitative estimate of drug-likeness (QED) is 0.166. The molecule has 0 fully saturated rings. The second kappa shape index (κ2) is 11.5. The van der Waals surface area contributed by atoms with E-state index in [-0.39, 0.29) is 32.8 Å². The Balaban J connectivity index is 1.59. The molecule has 0 radical (unpaired) electrons. The van der Waals surface area contributed by atoms with Gasteiger partial charge >= 0.3 is 11.4 Å². The van der Waals surface area contributed by atoms with E-state index in [4.69, 9.17) is 11.6 Å². The fourth-order valence-electron chi connectivity index (χ4n) is 3.73. The number of hydrogen-bond donors (Lipinski definition) is 3.